The normalized spacial score (nSPS) is 15.8. The van der Waals surface area contributed by atoms with E-state index in [-0.39, 0.29) is 0 Å². The molecule has 132 valence electrons. The van der Waals surface area contributed by atoms with Crippen molar-refractivity contribution in [3.8, 4) is 0 Å². The lowest BCUT2D eigenvalue weighted by Gasteiger charge is -2.23. The van der Waals surface area contributed by atoms with Crippen LogP contribution < -0.4 is 10.2 Å². The van der Waals surface area contributed by atoms with Crippen LogP contribution in [0.1, 0.15) is 29.3 Å². The predicted molar refractivity (Wildman–Crippen MR) is 108 cm³/mol. The summed E-state index contributed by atoms with van der Waals surface area (Å²) >= 11 is 0. The zero-order valence-corrected chi connectivity index (χ0v) is 15.7. The molecule has 0 aliphatic carbocycles. The van der Waals surface area contributed by atoms with Gasteiger partial charge in [-0.2, -0.15) is 4.98 Å². The van der Waals surface area contributed by atoms with Crippen molar-refractivity contribution in [3.63, 3.8) is 0 Å². The van der Waals surface area contributed by atoms with E-state index < -0.39 is 0 Å². The monoisotopic (exact) mass is 344 g/mol. The molecule has 2 heterocycles. The van der Waals surface area contributed by atoms with E-state index in [1.807, 2.05) is 13.0 Å². The second-order valence-electron chi connectivity index (χ2n) is 7.17. The minimum absolute atomic E-state index is 0.351. The molecule has 3 aromatic rings. The van der Waals surface area contributed by atoms with Gasteiger partial charge in [0, 0.05) is 29.2 Å². The highest BCUT2D eigenvalue weighted by Crippen LogP contribution is 2.37. The Kier molecular flexibility index (Phi) is 4.11. The maximum absolute atomic E-state index is 4.82. The van der Waals surface area contributed by atoms with Crippen molar-refractivity contribution in [3.05, 3.63) is 70.9 Å². The van der Waals surface area contributed by atoms with Gasteiger partial charge in [0.05, 0.1) is 0 Å². The number of benzene rings is 2. The Morgan fingerprint density at radius 1 is 0.962 bits per heavy atom. The summed E-state index contributed by atoms with van der Waals surface area (Å²) in [5.74, 6) is 1.58. The minimum atomic E-state index is 0.351. The second kappa shape index (κ2) is 6.45. The second-order valence-corrected chi connectivity index (χ2v) is 7.17. The Balaban J connectivity index is 1.70. The summed E-state index contributed by atoms with van der Waals surface area (Å²) in [6, 6.07) is 17.2. The number of para-hydroxylation sites is 1. The first-order valence-corrected chi connectivity index (χ1v) is 9.08. The highest BCUT2D eigenvalue weighted by molar-refractivity contribution is 5.68. The third-order valence-corrected chi connectivity index (χ3v) is 5.04. The smallest absolute Gasteiger partial charge is 0.232 e. The summed E-state index contributed by atoms with van der Waals surface area (Å²) in [6.45, 7) is 8.49. The van der Waals surface area contributed by atoms with Gasteiger partial charge in [-0.25, -0.2) is 4.98 Å². The van der Waals surface area contributed by atoms with Crippen LogP contribution in [-0.4, -0.2) is 16.0 Å². The van der Waals surface area contributed by atoms with E-state index in [1.165, 1.54) is 22.4 Å². The maximum atomic E-state index is 4.82. The van der Waals surface area contributed by atoms with E-state index in [1.54, 1.807) is 0 Å². The topological polar surface area (TPSA) is 41.1 Å². The zero-order valence-electron chi connectivity index (χ0n) is 15.7. The van der Waals surface area contributed by atoms with Crippen LogP contribution >= 0.6 is 0 Å². The fourth-order valence-corrected chi connectivity index (χ4v) is 3.56. The van der Waals surface area contributed by atoms with Gasteiger partial charge in [-0.05, 0) is 69.0 Å². The first-order chi connectivity index (χ1) is 12.5. The molecule has 26 heavy (non-hydrogen) atoms. The number of fused-ring (bicyclic) bond motifs is 1. The Morgan fingerprint density at radius 3 is 2.58 bits per heavy atom. The van der Waals surface area contributed by atoms with Gasteiger partial charge in [-0.1, -0.05) is 24.3 Å². The van der Waals surface area contributed by atoms with Crippen molar-refractivity contribution in [2.75, 3.05) is 10.2 Å². The molecule has 1 aromatic heterocycles. The van der Waals surface area contributed by atoms with Crippen LogP contribution in [0.5, 0.6) is 0 Å². The fraction of sp³-hybridized carbons (Fsp3) is 0.273. The van der Waals surface area contributed by atoms with Gasteiger partial charge < -0.3 is 10.2 Å². The molecular weight excluding hydrogens is 320 g/mol. The number of anilines is 4. The molecule has 4 rings (SSSR count). The third kappa shape index (κ3) is 3.03. The molecular formula is C22H24N4. The van der Waals surface area contributed by atoms with Gasteiger partial charge in [0.15, 0.2) is 0 Å². The molecule has 1 N–H and O–H groups in total. The summed E-state index contributed by atoms with van der Waals surface area (Å²) in [7, 11) is 0. The first-order valence-electron chi connectivity index (χ1n) is 9.08. The van der Waals surface area contributed by atoms with Crippen molar-refractivity contribution in [1.29, 1.82) is 0 Å². The van der Waals surface area contributed by atoms with Crippen molar-refractivity contribution in [2.24, 2.45) is 0 Å². The van der Waals surface area contributed by atoms with Crippen LogP contribution in [0.3, 0.4) is 0 Å². The van der Waals surface area contributed by atoms with Gasteiger partial charge in [0.1, 0.15) is 5.82 Å². The van der Waals surface area contributed by atoms with E-state index in [4.69, 9.17) is 9.97 Å². The lowest BCUT2D eigenvalue weighted by atomic mass is 10.1. The molecule has 0 radical (unpaired) electrons. The lowest BCUT2D eigenvalue weighted by Crippen LogP contribution is -2.26. The van der Waals surface area contributed by atoms with E-state index in [9.17, 15) is 0 Å². The molecule has 0 bridgehead atoms. The lowest BCUT2D eigenvalue weighted by molar-refractivity contribution is 0.738. The summed E-state index contributed by atoms with van der Waals surface area (Å²) in [5.41, 5.74) is 7.13. The van der Waals surface area contributed by atoms with Crippen LogP contribution in [0.4, 0.5) is 23.1 Å². The average Bonchev–Trinajstić information content (AvgIpc) is 2.93. The third-order valence-electron chi connectivity index (χ3n) is 5.04. The number of hydrogen-bond donors (Lipinski definition) is 1. The van der Waals surface area contributed by atoms with Gasteiger partial charge in [0.25, 0.3) is 0 Å². The molecule has 4 nitrogen and oxygen atoms in total. The molecule has 0 saturated carbocycles. The highest BCUT2D eigenvalue weighted by atomic mass is 15.3. The summed E-state index contributed by atoms with van der Waals surface area (Å²) in [6.07, 6.45) is 1.02. The summed E-state index contributed by atoms with van der Waals surface area (Å²) in [5, 5.41) is 3.44. The fourth-order valence-electron chi connectivity index (χ4n) is 3.56. The molecule has 1 aliphatic rings. The molecule has 1 aliphatic heterocycles. The van der Waals surface area contributed by atoms with Gasteiger partial charge in [0.2, 0.25) is 5.95 Å². The van der Waals surface area contributed by atoms with Crippen LogP contribution in [-0.2, 0) is 6.42 Å². The number of hydrogen-bond acceptors (Lipinski definition) is 4. The quantitative estimate of drug-likeness (QED) is 0.706. The number of aromatic nitrogens is 2. The summed E-state index contributed by atoms with van der Waals surface area (Å²) < 4.78 is 0. The highest BCUT2D eigenvalue weighted by Gasteiger charge is 2.29. The van der Waals surface area contributed by atoms with Crippen molar-refractivity contribution in [2.45, 2.75) is 40.2 Å². The van der Waals surface area contributed by atoms with Crippen LogP contribution in [0.15, 0.2) is 48.5 Å². The zero-order chi connectivity index (χ0) is 18.3. The van der Waals surface area contributed by atoms with Crippen LogP contribution in [0, 0.1) is 20.8 Å². The van der Waals surface area contributed by atoms with E-state index in [0.29, 0.717) is 6.04 Å². The molecule has 0 spiro atoms. The number of nitrogens with one attached hydrogen (secondary N) is 1. The van der Waals surface area contributed by atoms with E-state index in [2.05, 4.69) is 73.5 Å². The van der Waals surface area contributed by atoms with Gasteiger partial charge >= 0.3 is 0 Å². The van der Waals surface area contributed by atoms with E-state index in [0.717, 1.165) is 29.6 Å². The average molecular weight is 344 g/mol. The Labute approximate surface area is 154 Å². The number of rotatable bonds is 3. The summed E-state index contributed by atoms with van der Waals surface area (Å²) in [4.78, 5) is 11.8. The SMILES string of the molecule is Cc1cc(Nc2ccc(C)c(C)c2)nc(N2c3ccccc3CC2C)n1. The Bertz CT molecular complexity index is 964. The Hall–Kier alpha value is -2.88. The first kappa shape index (κ1) is 16.6. The van der Waals surface area contributed by atoms with Gasteiger partial charge in [-0.15, -0.1) is 0 Å². The number of nitrogens with zero attached hydrogens (tertiary/aromatic N) is 3. The molecule has 2 aromatic carbocycles. The molecule has 4 heteroatoms. The van der Waals surface area contributed by atoms with Crippen molar-refractivity contribution < 1.29 is 0 Å². The van der Waals surface area contributed by atoms with Crippen LogP contribution in [0.25, 0.3) is 0 Å². The minimum Gasteiger partial charge on any atom is -0.340 e. The van der Waals surface area contributed by atoms with Gasteiger partial charge in [-0.3, -0.25) is 0 Å². The molecule has 0 fully saturated rings. The largest absolute Gasteiger partial charge is 0.340 e. The molecule has 0 saturated heterocycles. The van der Waals surface area contributed by atoms with Crippen LogP contribution in [0.2, 0.25) is 0 Å². The van der Waals surface area contributed by atoms with Crippen molar-refractivity contribution in [1.82, 2.24) is 9.97 Å². The molecule has 1 unspecified atom stereocenters. The Morgan fingerprint density at radius 2 is 1.77 bits per heavy atom. The molecule has 0 amide bonds. The standard InChI is InChI=1S/C22H24N4/c1-14-9-10-19(11-15(14)2)24-21-12-16(3)23-22(25-21)26-17(4)13-18-7-5-6-8-20(18)26/h5-12,17H,13H2,1-4H3,(H,23,24,25). The molecule has 1 atom stereocenters. The maximum Gasteiger partial charge on any atom is 0.232 e. The number of aryl methyl sites for hydroxylation is 3. The van der Waals surface area contributed by atoms with Crippen molar-refractivity contribution >= 4 is 23.1 Å². The predicted octanol–water partition coefficient (Wildman–Crippen LogP) is 5.23. The van der Waals surface area contributed by atoms with E-state index >= 15 is 0 Å².